The zero-order valence-corrected chi connectivity index (χ0v) is 15.5. The van der Waals surface area contributed by atoms with Gasteiger partial charge in [0.25, 0.3) is 0 Å². The van der Waals surface area contributed by atoms with Crippen molar-refractivity contribution in [3.8, 4) is 0 Å². The van der Waals surface area contributed by atoms with Gasteiger partial charge in [0.2, 0.25) is 0 Å². The van der Waals surface area contributed by atoms with Gasteiger partial charge in [0.05, 0.1) is 6.10 Å². The first-order chi connectivity index (χ1) is 11.6. The van der Waals surface area contributed by atoms with Crippen LogP contribution in [0.15, 0.2) is 11.6 Å². The lowest BCUT2D eigenvalue weighted by Gasteiger charge is -2.60. The smallest absolute Gasteiger partial charge is 0.161 e. The molecule has 0 spiro atoms. The molecule has 0 unspecified atom stereocenters. The van der Waals surface area contributed by atoms with E-state index in [9.17, 15) is 19.8 Å². The van der Waals surface area contributed by atoms with Gasteiger partial charge in [-0.2, -0.15) is 0 Å². The number of carbonyl (C=O) groups is 2. The summed E-state index contributed by atoms with van der Waals surface area (Å²) in [5.74, 6) is 0.679. The highest BCUT2D eigenvalue weighted by Crippen LogP contribution is 2.67. The molecule has 2 N–H and O–H groups in total. The number of hydrogen-bond donors (Lipinski definition) is 2. The molecule has 138 valence electrons. The van der Waals surface area contributed by atoms with Crippen molar-refractivity contribution >= 4 is 11.6 Å². The lowest BCUT2D eigenvalue weighted by molar-refractivity contribution is -0.168. The maximum absolute atomic E-state index is 12.2. The molecule has 4 aliphatic rings. The van der Waals surface area contributed by atoms with E-state index in [0.29, 0.717) is 25.2 Å². The van der Waals surface area contributed by atoms with Crippen LogP contribution in [-0.4, -0.2) is 33.5 Å². The molecule has 3 saturated carbocycles. The molecule has 0 amide bonds. The van der Waals surface area contributed by atoms with Crippen molar-refractivity contribution in [2.24, 2.45) is 28.6 Å². The highest BCUT2D eigenvalue weighted by Gasteiger charge is 2.66. The number of fused-ring (bicyclic) bond motifs is 5. The fourth-order valence-corrected chi connectivity index (χ4v) is 7.12. The van der Waals surface area contributed by atoms with E-state index >= 15 is 0 Å². The molecule has 0 saturated heterocycles. The molecule has 0 radical (unpaired) electrons. The van der Waals surface area contributed by atoms with Crippen molar-refractivity contribution in [3.63, 3.8) is 0 Å². The van der Waals surface area contributed by atoms with Crippen LogP contribution >= 0.6 is 0 Å². The monoisotopic (exact) mass is 346 g/mol. The van der Waals surface area contributed by atoms with Crippen molar-refractivity contribution in [2.45, 2.75) is 77.4 Å². The lowest BCUT2D eigenvalue weighted by Crippen LogP contribution is -2.59. The van der Waals surface area contributed by atoms with Crippen LogP contribution in [0.2, 0.25) is 0 Å². The third-order valence-corrected chi connectivity index (χ3v) is 8.72. The Morgan fingerprint density at radius 1 is 1.16 bits per heavy atom. The Kier molecular flexibility index (Phi) is 3.66. The van der Waals surface area contributed by atoms with Gasteiger partial charge in [-0.3, -0.25) is 9.59 Å². The summed E-state index contributed by atoms with van der Waals surface area (Å²) in [6, 6.07) is 0. The van der Waals surface area contributed by atoms with Crippen molar-refractivity contribution in [2.75, 3.05) is 0 Å². The average molecular weight is 346 g/mol. The summed E-state index contributed by atoms with van der Waals surface area (Å²) in [6.45, 7) is 5.84. The molecule has 4 aliphatic carbocycles. The van der Waals surface area contributed by atoms with Gasteiger partial charge >= 0.3 is 0 Å². The molecular weight excluding hydrogens is 316 g/mol. The molecule has 25 heavy (non-hydrogen) atoms. The molecule has 4 heteroatoms. The minimum absolute atomic E-state index is 0.0178. The number of hydrogen-bond acceptors (Lipinski definition) is 4. The third kappa shape index (κ3) is 2.07. The topological polar surface area (TPSA) is 74.6 Å². The molecule has 7 atom stereocenters. The first-order valence-corrected chi connectivity index (χ1v) is 9.79. The molecule has 3 fully saturated rings. The summed E-state index contributed by atoms with van der Waals surface area (Å²) in [7, 11) is 0. The Morgan fingerprint density at radius 3 is 2.52 bits per heavy atom. The van der Waals surface area contributed by atoms with Crippen LogP contribution in [0.25, 0.3) is 0 Å². The van der Waals surface area contributed by atoms with Crippen LogP contribution in [0.1, 0.15) is 65.7 Å². The highest BCUT2D eigenvalue weighted by molar-refractivity contribution is 5.91. The molecule has 0 aromatic rings. The summed E-state index contributed by atoms with van der Waals surface area (Å²) in [5, 5.41) is 22.1. The average Bonchev–Trinajstić information content (AvgIpc) is 2.82. The number of ketones is 2. The Hall–Kier alpha value is -1.00. The van der Waals surface area contributed by atoms with Crippen LogP contribution < -0.4 is 0 Å². The fourth-order valence-electron chi connectivity index (χ4n) is 7.12. The SMILES string of the molecule is CC(=O)[C@@]1(O)CC[C@H]2[C@@H]3[C@@H](O)CC4=CC(=O)CC[C@]4(C)[C@H]3CC[C@@]21C. The number of carbonyl (C=O) groups excluding carboxylic acids is 2. The van der Waals surface area contributed by atoms with Gasteiger partial charge in [-0.1, -0.05) is 19.4 Å². The van der Waals surface area contributed by atoms with E-state index in [0.717, 1.165) is 31.3 Å². The number of aliphatic hydroxyl groups is 2. The van der Waals surface area contributed by atoms with E-state index in [1.165, 1.54) is 6.92 Å². The van der Waals surface area contributed by atoms with Crippen LogP contribution in [0.5, 0.6) is 0 Å². The molecule has 0 bridgehead atoms. The summed E-state index contributed by atoms with van der Waals surface area (Å²) in [6.07, 6.45) is 6.38. The zero-order chi connectivity index (χ0) is 18.2. The molecule has 4 rings (SSSR count). The van der Waals surface area contributed by atoms with E-state index in [-0.39, 0.29) is 28.8 Å². The summed E-state index contributed by atoms with van der Waals surface area (Å²) in [5.41, 5.74) is -0.581. The van der Waals surface area contributed by atoms with Crippen molar-refractivity contribution in [1.82, 2.24) is 0 Å². The van der Waals surface area contributed by atoms with E-state index in [2.05, 4.69) is 13.8 Å². The van der Waals surface area contributed by atoms with Gasteiger partial charge < -0.3 is 10.2 Å². The van der Waals surface area contributed by atoms with Gasteiger partial charge in [-0.25, -0.2) is 0 Å². The fraction of sp³-hybridized carbons (Fsp3) is 0.810. The predicted octanol–water partition coefficient (Wildman–Crippen LogP) is 2.81. The van der Waals surface area contributed by atoms with Crippen molar-refractivity contribution in [3.05, 3.63) is 11.6 Å². The molecule has 0 aromatic carbocycles. The van der Waals surface area contributed by atoms with Crippen molar-refractivity contribution < 1.29 is 19.8 Å². The minimum Gasteiger partial charge on any atom is -0.392 e. The van der Waals surface area contributed by atoms with Gasteiger partial charge in [0, 0.05) is 11.8 Å². The second kappa shape index (κ2) is 5.26. The van der Waals surface area contributed by atoms with Gasteiger partial charge in [-0.15, -0.1) is 0 Å². The van der Waals surface area contributed by atoms with Crippen LogP contribution in [0.4, 0.5) is 0 Å². The highest BCUT2D eigenvalue weighted by atomic mass is 16.3. The van der Waals surface area contributed by atoms with Crippen LogP contribution in [0, 0.1) is 28.6 Å². The first-order valence-electron chi connectivity index (χ1n) is 9.79. The molecule has 4 nitrogen and oxygen atoms in total. The quantitative estimate of drug-likeness (QED) is 0.766. The Labute approximate surface area is 149 Å². The standard InChI is InChI=1S/C21H30O4/c1-12(22)21(25)9-6-16-18-15(5-8-20(16,21)3)19(2)7-4-14(23)10-13(19)11-17(18)24/h10,15-18,24-25H,4-9,11H2,1-3H3/t15-,16-,17-,18+,19-,20-,21-/m0/s1. The van der Waals surface area contributed by atoms with Crippen LogP contribution in [0.3, 0.4) is 0 Å². The largest absolute Gasteiger partial charge is 0.392 e. The Bertz CT molecular complexity index is 667. The molecule has 0 aromatic heterocycles. The van der Waals surface area contributed by atoms with Gasteiger partial charge in [0.15, 0.2) is 11.6 Å². The van der Waals surface area contributed by atoms with E-state index in [1.807, 2.05) is 0 Å². The zero-order valence-electron chi connectivity index (χ0n) is 15.5. The number of aliphatic hydroxyl groups excluding tert-OH is 1. The van der Waals surface area contributed by atoms with Crippen molar-refractivity contribution in [1.29, 1.82) is 0 Å². The second-order valence-electron chi connectivity index (χ2n) is 9.53. The van der Waals surface area contributed by atoms with Gasteiger partial charge in [-0.05, 0) is 74.7 Å². The van der Waals surface area contributed by atoms with E-state index < -0.39 is 17.1 Å². The second-order valence-corrected chi connectivity index (χ2v) is 9.53. The molecular formula is C21H30O4. The summed E-state index contributed by atoms with van der Waals surface area (Å²) < 4.78 is 0. The van der Waals surface area contributed by atoms with E-state index in [4.69, 9.17) is 0 Å². The van der Waals surface area contributed by atoms with Gasteiger partial charge in [0.1, 0.15) is 5.60 Å². The summed E-state index contributed by atoms with van der Waals surface area (Å²) in [4.78, 5) is 24.1. The first kappa shape index (κ1) is 17.4. The summed E-state index contributed by atoms with van der Waals surface area (Å²) >= 11 is 0. The Morgan fingerprint density at radius 2 is 1.84 bits per heavy atom. The maximum atomic E-state index is 12.2. The number of rotatable bonds is 1. The normalized spacial score (nSPS) is 52.0. The number of Topliss-reactive ketones (excluding diaryl/α,β-unsaturated/α-hetero) is 1. The maximum Gasteiger partial charge on any atom is 0.161 e. The third-order valence-electron chi connectivity index (χ3n) is 8.72. The molecule has 0 heterocycles. The Balaban J connectivity index is 1.74. The van der Waals surface area contributed by atoms with Crippen LogP contribution in [-0.2, 0) is 9.59 Å². The minimum atomic E-state index is -1.25. The lowest BCUT2D eigenvalue weighted by atomic mass is 9.45. The molecule has 0 aliphatic heterocycles. The predicted molar refractivity (Wildman–Crippen MR) is 93.7 cm³/mol. The van der Waals surface area contributed by atoms with E-state index in [1.54, 1.807) is 6.08 Å².